The molecule has 0 saturated carbocycles. The molecule has 23 heavy (non-hydrogen) atoms. The fourth-order valence-electron chi connectivity index (χ4n) is 2.21. The summed E-state index contributed by atoms with van der Waals surface area (Å²) in [6.07, 6.45) is 0.997. The Morgan fingerprint density at radius 2 is 2.13 bits per heavy atom. The van der Waals surface area contributed by atoms with Crippen LogP contribution in [0.5, 0.6) is 11.5 Å². The molecular weight excluding hydrogens is 310 g/mol. The van der Waals surface area contributed by atoms with Gasteiger partial charge in [-0.2, -0.15) is 0 Å². The molecule has 0 atom stereocenters. The molecule has 2 rings (SSSR count). The van der Waals surface area contributed by atoms with Gasteiger partial charge in [0.15, 0.2) is 0 Å². The zero-order valence-electron chi connectivity index (χ0n) is 14.3. The second-order valence-electron chi connectivity index (χ2n) is 5.52. The molecule has 0 aliphatic heterocycles. The Bertz CT molecular complexity index is 614. The normalized spacial score (nSPS) is 11.0. The van der Waals surface area contributed by atoms with Crippen molar-refractivity contribution in [1.29, 1.82) is 0 Å². The molecule has 1 N–H and O–H groups in total. The number of ether oxygens (including phenoxy) is 2. The molecule has 0 radical (unpaired) electrons. The third-order valence-corrected chi connectivity index (χ3v) is 4.20. The number of rotatable bonds is 9. The Balaban J connectivity index is 2.06. The van der Waals surface area contributed by atoms with E-state index in [4.69, 9.17) is 9.47 Å². The maximum absolute atomic E-state index is 5.80. The lowest BCUT2D eigenvalue weighted by atomic mass is 10.1. The highest BCUT2D eigenvalue weighted by Crippen LogP contribution is 2.33. The van der Waals surface area contributed by atoms with Gasteiger partial charge in [0.05, 0.1) is 19.4 Å². The van der Waals surface area contributed by atoms with E-state index < -0.39 is 0 Å². The van der Waals surface area contributed by atoms with Gasteiger partial charge in [0.25, 0.3) is 0 Å². The quantitative estimate of drug-likeness (QED) is 0.714. The lowest BCUT2D eigenvalue weighted by Gasteiger charge is -2.12. The maximum Gasteiger partial charge on any atom is 0.131 e. The van der Waals surface area contributed by atoms with Gasteiger partial charge in [-0.3, -0.25) is 0 Å². The number of nitrogens with one attached hydrogen (secondary N) is 1. The molecule has 2 aromatic rings. The highest BCUT2D eigenvalue weighted by Gasteiger charge is 2.11. The van der Waals surface area contributed by atoms with Gasteiger partial charge in [0.2, 0.25) is 0 Å². The van der Waals surface area contributed by atoms with Gasteiger partial charge in [0.1, 0.15) is 16.5 Å². The summed E-state index contributed by atoms with van der Waals surface area (Å²) in [4.78, 5) is 6.78. The molecule has 0 bridgehead atoms. The van der Waals surface area contributed by atoms with E-state index in [0.717, 1.165) is 47.3 Å². The van der Waals surface area contributed by atoms with Crippen LogP contribution in [-0.4, -0.2) is 51.3 Å². The molecule has 0 saturated heterocycles. The van der Waals surface area contributed by atoms with Crippen LogP contribution in [0.1, 0.15) is 11.4 Å². The molecule has 0 aliphatic rings. The van der Waals surface area contributed by atoms with Gasteiger partial charge < -0.3 is 19.7 Å². The second-order valence-corrected chi connectivity index (χ2v) is 6.47. The third-order valence-electron chi connectivity index (χ3n) is 3.35. The lowest BCUT2D eigenvalue weighted by molar-refractivity contribution is 0.280. The van der Waals surface area contributed by atoms with Crippen molar-refractivity contribution in [3.63, 3.8) is 0 Å². The summed E-state index contributed by atoms with van der Waals surface area (Å²) < 4.78 is 11.3. The Kier molecular flexibility index (Phi) is 6.83. The molecule has 126 valence electrons. The van der Waals surface area contributed by atoms with Crippen molar-refractivity contribution in [1.82, 2.24) is 15.2 Å². The fraction of sp³-hybridized carbons (Fsp3) is 0.471. The largest absolute Gasteiger partial charge is 0.496 e. The van der Waals surface area contributed by atoms with Crippen LogP contribution in [0.4, 0.5) is 0 Å². The van der Waals surface area contributed by atoms with Gasteiger partial charge in [-0.25, -0.2) is 4.98 Å². The van der Waals surface area contributed by atoms with E-state index in [2.05, 4.69) is 34.7 Å². The first-order valence-corrected chi connectivity index (χ1v) is 8.57. The highest BCUT2D eigenvalue weighted by molar-refractivity contribution is 7.09. The van der Waals surface area contributed by atoms with Crippen molar-refractivity contribution in [3.05, 3.63) is 28.6 Å². The first-order chi connectivity index (χ1) is 11.1. The molecule has 0 spiro atoms. The molecule has 0 amide bonds. The number of hydrogen-bond acceptors (Lipinski definition) is 6. The van der Waals surface area contributed by atoms with E-state index in [1.165, 1.54) is 0 Å². The predicted molar refractivity (Wildman–Crippen MR) is 95.5 cm³/mol. The molecule has 5 nitrogen and oxygen atoms in total. The molecule has 0 fully saturated rings. The topological polar surface area (TPSA) is 46.6 Å². The first-order valence-electron chi connectivity index (χ1n) is 7.69. The number of hydrogen-bond donors (Lipinski definition) is 1. The average molecular weight is 335 g/mol. The number of thiazole rings is 1. The van der Waals surface area contributed by atoms with Crippen LogP contribution in [0.3, 0.4) is 0 Å². The van der Waals surface area contributed by atoms with E-state index >= 15 is 0 Å². The Morgan fingerprint density at radius 3 is 2.83 bits per heavy atom. The minimum atomic E-state index is 0.698. The van der Waals surface area contributed by atoms with Gasteiger partial charge >= 0.3 is 0 Å². The van der Waals surface area contributed by atoms with Crippen LogP contribution < -0.4 is 14.8 Å². The summed E-state index contributed by atoms with van der Waals surface area (Å²) in [5.41, 5.74) is 1.93. The standard InChI is InChI=1S/C17H25N3O2S/c1-18-11-17-19-15(12-23-17)14-7-6-13(10-16(14)21-4)22-9-5-8-20(2)3/h6-7,10,12,18H,5,8-9,11H2,1-4H3. The predicted octanol–water partition coefficient (Wildman–Crippen LogP) is 2.87. The highest BCUT2D eigenvalue weighted by atomic mass is 32.1. The van der Waals surface area contributed by atoms with E-state index in [9.17, 15) is 0 Å². The molecule has 1 aromatic heterocycles. The average Bonchev–Trinajstić information content (AvgIpc) is 3.00. The number of methoxy groups -OCH3 is 1. The van der Waals surface area contributed by atoms with Crippen molar-refractivity contribution < 1.29 is 9.47 Å². The van der Waals surface area contributed by atoms with Gasteiger partial charge in [0, 0.05) is 30.1 Å². The van der Waals surface area contributed by atoms with E-state index in [-0.39, 0.29) is 0 Å². The summed E-state index contributed by atoms with van der Waals surface area (Å²) in [5.74, 6) is 1.62. The zero-order valence-corrected chi connectivity index (χ0v) is 15.1. The summed E-state index contributed by atoms with van der Waals surface area (Å²) in [7, 11) is 7.72. The van der Waals surface area contributed by atoms with Crippen molar-refractivity contribution in [2.24, 2.45) is 0 Å². The monoisotopic (exact) mass is 335 g/mol. The summed E-state index contributed by atoms with van der Waals surface area (Å²) >= 11 is 1.65. The van der Waals surface area contributed by atoms with Crippen molar-refractivity contribution in [2.75, 3.05) is 41.4 Å². The smallest absolute Gasteiger partial charge is 0.131 e. The van der Waals surface area contributed by atoms with Crippen LogP contribution >= 0.6 is 11.3 Å². The Hall–Kier alpha value is -1.63. The molecule has 6 heteroatoms. The van der Waals surface area contributed by atoms with Crippen LogP contribution in [0.15, 0.2) is 23.6 Å². The van der Waals surface area contributed by atoms with Gasteiger partial charge in [-0.1, -0.05) is 0 Å². The van der Waals surface area contributed by atoms with Crippen LogP contribution in [0, 0.1) is 0 Å². The number of nitrogens with zero attached hydrogens (tertiary/aromatic N) is 2. The van der Waals surface area contributed by atoms with Crippen molar-refractivity contribution in [2.45, 2.75) is 13.0 Å². The Labute approximate surface area is 142 Å². The molecule has 0 aliphatic carbocycles. The Morgan fingerprint density at radius 1 is 1.30 bits per heavy atom. The first kappa shape index (κ1) is 17.7. The minimum Gasteiger partial charge on any atom is -0.496 e. The molecule has 1 heterocycles. The number of aromatic nitrogens is 1. The molecule has 1 aromatic carbocycles. The fourth-order valence-corrected chi connectivity index (χ4v) is 3.02. The minimum absolute atomic E-state index is 0.698. The maximum atomic E-state index is 5.80. The zero-order chi connectivity index (χ0) is 16.7. The van der Waals surface area contributed by atoms with Crippen molar-refractivity contribution >= 4 is 11.3 Å². The summed E-state index contributed by atoms with van der Waals surface area (Å²) in [6, 6.07) is 5.92. The van der Waals surface area contributed by atoms with Gasteiger partial charge in [-0.05, 0) is 39.7 Å². The summed E-state index contributed by atoms with van der Waals surface area (Å²) in [6.45, 7) is 2.49. The lowest BCUT2D eigenvalue weighted by Crippen LogP contribution is -2.15. The van der Waals surface area contributed by atoms with Crippen LogP contribution in [-0.2, 0) is 6.54 Å². The van der Waals surface area contributed by atoms with Crippen LogP contribution in [0.25, 0.3) is 11.3 Å². The third kappa shape index (κ3) is 5.20. The van der Waals surface area contributed by atoms with Crippen LogP contribution in [0.2, 0.25) is 0 Å². The van der Waals surface area contributed by atoms with E-state index in [1.807, 2.05) is 25.2 Å². The summed E-state index contributed by atoms with van der Waals surface area (Å²) in [5, 5.41) is 6.24. The van der Waals surface area contributed by atoms with Gasteiger partial charge in [-0.15, -0.1) is 11.3 Å². The molecular formula is C17H25N3O2S. The van der Waals surface area contributed by atoms with Crippen molar-refractivity contribution in [3.8, 4) is 22.8 Å². The number of benzene rings is 1. The second kappa shape index (κ2) is 8.86. The molecule has 0 unspecified atom stereocenters. The SMILES string of the molecule is CNCc1nc(-c2ccc(OCCCN(C)C)cc2OC)cs1. The van der Waals surface area contributed by atoms with E-state index in [0.29, 0.717) is 6.61 Å². The van der Waals surface area contributed by atoms with E-state index in [1.54, 1.807) is 18.4 Å².